The van der Waals surface area contributed by atoms with Crippen LogP contribution in [0.5, 0.6) is 0 Å². The highest BCUT2D eigenvalue weighted by molar-refractivity contribution is 6.00. The van der Waals surface area contributed by atoms with E-state index in [9.17, 15) is 9.59 Å². The predicted molar refractivity (Wildman–Crippen MR) is 77.1 cm³/mol. The number of tetrazole rings is 1. The Hall–Kier alpha value is -2.77. The van der Waals surface area contributed by atoms with E-state index in [1.54, 1.807) is 13.1 Å². The van der Waals surface area contributed by atoms with E-state index in [4.69, 9.17) is 5.11 Å². The third kappa shape index (κ3) is 2.43. The summed E-state index contributed by atoms with van der Waals surface area (Å²) < 4.78 is 0. The maximum Gasteiger partial charge on any atom is 0.308 e. The van der Waals surface area contributed by atoms with Gasteiger partial charge in [-0.15, -0.1) is 10.2 Å². The molecule has 0 radical (unpaired) electrons. The number of aryl methyl sites for hydroxylation is 2. The van der Waals surface area contributed by atoms with Crippen molar-refractivity contribution in [2.24, 2.45) is 13.0 Å². The van der Waals surface area contributed by atoms with Crippen molar-refractivity contribution in [2.75, 3.05) is 11.4 Å². The summed E-state index contributed by atoms with van der Waals surface area (Å²) in [6.07, 6.45) is 0.0302. The Morgan fingerprint density at radius 3 is 2.77 bits per heavy atom. The molecule has 1 saturated heterocycles. The van der Waals surface area contributed by atoms with E-state index in [0.717, 1.165) is 11.1 Å². The lowest BCUT2D eigenvalue weighted by atomic mass is 10.1. The molecule has 22 heavy (non-hydrogen) atoms. The fraction of sp³-hybridized carbons (Fsp3) is 0.357. The zero-order valence-corrected chi connectivity index (χ0v) is 12.2. The smallest absolute Gasteiger partial charge is 0.308 e. The summed E-state index contributed by atoms with van der Waals surface area (Å²) in [7, 11) is 1.67. The summed E-state index contributed by atoms with van der Waals surface area (Å²) in [5.41, 5.74) is 2.33. The minimum atomic E-state index is -0.944. The van der Waals surface area contributed by atoms with Gasteiger partial charge in [0.05, 0.1) is 13.0 Å². The molecule has 1 aliphatic heterocycles. The summed E-state index contributed by atoms with van der Waals surface area (Å²) in [5.74, 6) is -1.32. The Morgan fingerprint density at radius 1 is 1.41 bits per heavy atom. The number of aliphatic carboxylic acids is 1. The number of carbonyl (C=O) groups is 2. The molecule has 1 aromatic heterocycles. The highest BCUT2D eigenvalue weighted by atomic mass is 16.4. The van der Waals surface area contributed by atoms with Crippen LogP contribution in [0.15, 0.2) is 18.2 Å². The maximum absolute atomic E-state index is 12.1. The Labute approximate surface area is 126 Å². The molecule has 0 spiro atoms. The van der Waals surface area contributed by atoms with Gasteiger partial charge in [-0.3, -0.25) is 9.59 Å². The second kappa shape index (κ2) is 5.21. The molecular formula is C14H15N5O3. The van der Waals surface area contributed by atoms with Crippen molar-refractivity contribution < 1.29 is 14.7 Å². The average molecular weight is 301 g/mol. The van der Waals surface area contributed by atoms with Crippen LogP contribution in [0.3, 0.4) is 0 Å². The van der Waals surface area contributed by atoms with Crippen molar-refractivity contribution in [3.63, 3.8) is 0 Å². The first-order chi connectivity index (χ1) is 10.5. The number of amides is 1. The number of carbonyl (C=O) groups excluding carboxylic acids is 1. The Bertz CT molecular complexity index is 755. The highest BCUT2D eigenvalue weighted by Gasteiger charge is 2.35. The molecule has 1 N–H and O–H groups in total. The Balaban J connectivity index is 1.97. The van der Waals surface area contributed by atoms with Crippen molar-refractivity contribution in [3.05, 3.63) is 23.8 Å². The van der Waals surface area contributed by atoms with Crippen molar-refractivity contribution in [2.45, 2.75) is 13.3 Å². The lowest BCUT2D eigenvalue weighted by Crippen LogP contribution is -2.26. The SMILES string of the molecule is Cc1ccc(-c2nnn(C)n2)cc1N1CC(C(=O)O)CC1=O. The minimum absolute atomic E-state index is 0.0302. The lowest BCUT2D eigenvalue weighted by Gasteiger charge is -2.19. The number of benzene rings is 1. The van der Waals surface area contributed by atoms with Gasteiger partial charge >= 0.3 is 5.97 Å². The van der Waals surface area contributed by atoms with E-state index >= 15 is 0 Å². The van der Waals surface area contributed by atoms with Crippen LogP contribution < -0.4 is 4.90 Å². The molecular weight excluding hydrogens is 286 g/mol. The molecule has 1 amide bonds. The number of anilines is 1. The van der Waals surface area contributed by atoms with Crippen molar-refractivity contribution in [1.29, 1.82) is 0 Å². The van der Waals surface area contributed by atoms with Gasteiger partial charge in [0.25, 0.3) is 0 Å². The van der Waals surface area contributed by atoms with Gasteiger partial charge in [0.2, 0.25) is 11.7 Å². The quantitative estimate of drug-likeness (QED) is 0.892. The lowest BCUT2D eigenvalue weighted by molar-refractivity contribution is -0.141. The topological polar surface area (TPSA) is 101 Å². The molecule has 8 nitrogen and oxygen atoms in total. The number of aromatic nitrogens is 4. The van der Waals surface area contributed by atoms with Gasteiger partial charge in [-0.1, -0.05) is 12.1 Å². The maximum atomic E-state index is 12.1. The van der Waals surface area contributed by atoms with Gasteiger partial charge in [-0.25, -0.2) is 0 Å². The molecule has 1 aliphatic rings. The summed E-state index contributed by atoms with van der Waals surface area (Å²) in [6, 6.07) is 5.52. The van der Waals surface area contributed by atoms with Gasteiger partial charge in [-0.05, 0) is 23.8 Å². The fourth-order valence-electron chi connectivity index (χ4n) is 2.54. The van der Waals surface area contributed by atoms with Crippen LogP contribution in [0, 0.1) is 12.8 Å². The molecule has 1 unspecified atom stereocenters. The molecule has 8 heteroatoms. The Morgan fingerprint density at radius 2 is 2.18 bits per heavy atom. The molecule has 2 aromatic rings. The molecule has 0 bridgehead atoms. The second-order valence-electron chi connectivity index (χ2n) is 5.35. The van der Waals surface area contributed by atoms with E-state index in [-0.39, 0.29) is 18.9 Å². The van der Waals surface area contributed by atoms with Gasteiger partial charge in [0.15, 0.2) is 0 Å². The van der Waals surface area contributed by atoms with Crippen molar-refractivity contribution in [1.82, 2.24) is 20.2 Å². The van der Waals surface area contributed by atoms with E-state index < -0.39 is 11.9 Å². The van der Waals surface area contributed by atoms with Gasteiger partial charge < -0.3 is 10.0 Å². The van der Waals surface area contributed by atoms with Gasteiger partial charge in [0.1, 0.15) is 0 Å². The van der Waals surface area contributed by atoms with Crippen molar-refractivity contribution >= 4 is 17.6 Å². The number of hydrogen-bond acceptors (Lipinski definition) is 5. The molecule has 0 aliphatic carbocycles. The third-order valence-electron chi connectivity index (χ3n) is 3.74. The average Bonchev–Trinajstić information content (AvgIpc) is 3.06. The van der Waals surface area contributed by atoms with Crippen LogP contribution in [0.1, 0.15) is 12.0 Å². The van der Waals surface area contributed by atoms with E-state index in [0.29, 0.717) is 11.5 Å². The number of rotatable bonds is 3. The molecule has 2 heterocycles. The zero-order chi connectivity index (χ0) is 15.9. The minimum Gasteiger partial charge on any atom is -0.481 e. The van der Waals surface area contributed by atoms with Crippen LogP contribution in [0.25, 0.3) is 11.4 Å². The number of hydrogen-bond donors (Lipinski definition) is 1. The van der Waals surface area contributed by atoms with Crippen LogP contribution in [0.2, 0.25) is 0 Å². The molecule has 0 saturated carbocycles. The first-order valence-corrected chi connectivity index (χ1v) is 6.84. The predicted octanol–water partition coefficient (Wildman–Crippen LogP) is 0.623. The fourth-order valence-corrected chi connectivity index (χ4v) is 2.54. The van der Waals surface area contributed by atoms with Gasteiger partial charge in [0, 0.05) is 24.2 Å². The van der Waals surface area contributed by atoms with Crippen LogP contribution >= 0.6 is 0 Å². The largest absolute Gasteiger partial charge is 0.481 e. The van der Waals surface area contributed by atoms with Crippen LogP contribution in [0.4, 0.5) is 5.69 Å². The number of carboxylic acid groups (broad SMARTS) is 1. The normalized spacial score (nSPS) is 18.0. The van der Waals surface area contributed by atoms with Crippen LogP contribution in [-0.2, 0) is 16.6 Å². The molecule has 1 atom stereocenters. The van der Waals surface area contributed by atoms with E-state index in [1.807, 2.05) is 19.1 Å². The number of nitrogens with zero attached hydrogens (tertiary/aromatic N) is 5. The molecule has 1 aromatic carbocycles. The second-order valence-corrected chi connectivity index (χ2v) is 5.35. The van der Waals surface area contributed by atoms with E-state index in [2.05, 4.69) is 15.4 Å². The number of carboxylic acids is 1. The van der Waals surface area contributed by atoms with E-state index in [1.165, 1.54) is 9.70 Å². The first kappa shape index (κ1) is 14.2. The summed E-state index contributed by atoms with van der Waals surface area (Å²) in [6.45, 7) is 2.07. The standard InChI is InChI=1S/C14H15N5O3/c1-8-3-4-9(13-15-17-18(2)16-13)5-11(8)19-7-10(14(21)22)6-12(19)20/h3-5,10H,6-7H2,1-2H3,(H,21,22). The molecule has 3 rings (SSSR count). The summed E-state index contributed by atoms with van der Waals surface area (Å²) >= 11 is 0. The third-order valence-corrected chi connectivity index (χ3v) is 3.74. The zero-order valence-electron chi connectivity index (χ0n) is 12.2. The summed E-state index contributed by atoms with van der Waals surface area (Å²) in [4.78, 5) is 26.1. The molecule has 114 valence electrons. The summed E-state index contributed by atoms with van der Waals surface area (Å²) in [5, 5.41) is 21.0. The van der Waals surface area contributed by atoms with Crippen LogP contribution in [-0.4, -0.2) is 43.7 Å². The molecule has 1 fully saturated rings. The first-order valence-electron chi connectivity index (χ1n) is 6.84. The van der Waals surface area contributed by atoms with Crippen molar-refractivity contribution in [3.8, 4) is 11.4 Å². The monoisotopic (exact) mass is 301 g/mol. The Kier molecular flexibility index (Phi) is 3.36. The van der Waals surface area contributed by atoms with Gasteiger partial charge in [-0.2, -0.15) is 4.80 Å². The highest BCUT2D eigenvalue weighted by Crippen LogP contribution is 2.31.